The van der Waals surface area contributed by atoms with Gasteiger partial charge in [-0.15, -0.1) is 11.6 Å². The number of nitrogens with one attached hydrogen (secondary N) is 3. The summed E-state index contributed by atoms with van der Waals surface area (Å²) in [4.78, 5) is 70.2. The highest BCUT2D eigenvalue weighted by Gasteiger charge is 2.48. The van der Waals surface area contributed by atoms with Crippen molar-refractivity contribution in [2.45, 2.75) is 148 Å². The molecule has 0 saturated carbocycles. The zero-order valence-electron chi connectivity index (χ0n) is 67.5. The summed E-state index contributed by atoms with van der Waals surface area (Å²) >= 11 is 35.3. The molecule has 14 aromatic rings. The Morgan fingerprint density at radius 3 is 1.37 bits per heavy atom. The number of aromatic nitrogens is 10. The maximum atomic E-state index is 12.7. The Labute approximate surface area is 729 Å². The Kier molecular flexibility index (Phi) is 34.0. The number of aryl methyl sites for hydroxylation is 2. The number of aldehydes is 1. The number of amides is 2. The van der Waals surface area contributed by atoms with Crippen LogP contribution < -0.4 is 16.4 Å². The fraction of sp³-hybridized carbons (Fsp3) is 0.253. The lowest BCUT2D eigenvalue weighted by molar-refractivity contribution is 0.101. The number of nitrogens with two attached hydrogens (primary N) is 1. The van der Waals surface area contributed by atoms with Crippen LogP contribution in [0.3, 0.4) is 0 Å². The Balaban J connectivity index is 0.000000172. The molecule has 1 atom stereocenters. The Morgan fingerprint density at radius 1 is 0.487 bits per heavy atom. The first-order valence-electron chi connectivity index (χ1n) is 38.5. The molecule has 0 bridgehead atoms. The third kappa shape index (κ3) is 23.8. The van der Waals surface area contributed by atoms with Gasteiger partial charge in [-0.1, -0.05) is 154 Å². The van der Waals surface area contributed by atoms with Gasteiger partial charge in [0.05, 0.1) is 11.6 Å². The predicted molar refractivity (Wildman–Crippen MR) is 496 cm³/mol. The van der Waals surface area contributed by atoms with Gasteiger partial charge in [-0.05, 0) is 252 Å². The first kappa shape index (κ1) is 91.7. The normalized spacial score (nSPS) is 11.6. The van der Waals surface area contributed by atoms with Gasteiger partial charge >= 0.3 is 0 Å². The molecule has 2 amide bonds. The van der Waals surface area contributed by atoms with Crippen molar-refractivity contribution in [3.8, 4) is 0 Å². The van der Waals surface area contributed by atoms with Crippen LogP contribution in [-0.4, -0.2) is 88.0 Å². The molecule has 10 heterocycles. The Hall–Kier alpha value is -9.24. The van der Waals surface area contributed by atoms with Gasteiger partial charge in [-0.2, -0.15) is 0 Å². The lowest BCUT2D eigenvalue weighted by atomic mass is 10.0. The Bertz CT molecular complexity index is 5400. The van der Waals surface area contributed by atoms with E-state index in [-0.39, 0.29) is 17.5 Å². The SMILES string of the molecule is CC(C)[Si](C(C)C)(C(C)C)n1cc(C(O)c2ccc(C(=O)Nc3ccc(Cl)cc3)nc2)c2cccnc21.CC(C)[Si](C(C)C)(C(C)C)n1cc(C=O)c2cccnc21.ClCc1ccc(Br)cn1.Clc1ccc(CCc2ccc(Br)cn2)cc1.Nc1ccc(Cl)cc1.O=C(Nc1ccc(Cl)cc1)c1ccc(Cc2c[nH]c3ncccc23)cn1. The van der Waals surface area contributed by atoms with Gasteiger partial charge in [0.2, 0.25) is 0 Å². The highest BCUT2D eigenvalue weighted by atomic mass is 79.9. The molecule has 608 valence electrons. The summed E-state index contributed by atoms with van der Waals surface area (Å²) in [6.45, 7) is 27.8. The third-order valence-corrected chi connectivity index (χ3v) is 36.4. The molecule has 26 heteroatoms. The third-order valence-electron chi connectivity index (χ3n) is 20.7. The van der Waals surface area contributed by atoms with Gasteiger partial charge in [0.15, 0.2) is 22.8 Å². The van der Waals surface area contributed by atoms with E-state index in [9.17, 15) is 19.5 Å². The number of rotatable bonds is 21. The summed E-state index contributed by atoms with van der Waals surface area (Å²) in [5.74, 6) is -0.103. The highest BCUT2D eigenvalue weighted by molar-refractivity contribution is 9.10. The van der Waals surface area contributed by atoms with Gasteiger partial charge in [-0.25, -0.2) is 15.0 Å². The van der Waals surface area contributed by atoms with E-state index in [1.165, 1.54) is 5.56 Å². The van der Waals surface area contributed by atoms with Crippen LogP contribution in [0, 0.1) is 0 Å². The fourth-order valence-corrected chi connectivity index (χ4v) is 29.8. The number of hydrogen-bond donors (Lipinski definition) is 5. The number of benzene rings is 4. The second-order valence-electron chi connectivity index (χ2n) is 30.0. The quantitative estimate of drug-likeness (QED) is 0.0195. The Morgan fingerprint density at radius 2 is 0.923 bits per heavy atom. The molecule has 0 radical (unpaired) electrons. The number of aliphatic hydroxyl groups excluding tert-OH is 1. The van der Waals surface area contributed by atoms with Gasteiger partial charge in [0, 0.05) is 153 Å². The topological polar surface area (TPSA) is 237 Å². The summed E-state index contributed by atoms with van der Waals surface area (Å²) in [6.07, 6.45) is 21.1. The number of nitrogen functional groups attached to an aromatic ring is 1. The minimum absolute atomic E-state index is 0.254. The maximum absolute atomic E-state index is 12.7. The van der Waals surface area contributed by atoms with Gasteiger partial charge < -0.3 is 34.9 Å². The molecule has 6 N–H and O–H groups in total. The molecule has 0 aliphatic carbocycles. The monoisotopic (exact) mass is 1830 g/mol. The van der Waals surface area contributed by atoms with E-state index in [2.05, 4.69) is 193 Å². The molecule has 1 unspecified atom stereocenters. The second-order valence-corrected chi connectivity index (χ2v) is 45.3. The molecule has 0 aliphatic heterocycles. The summed E-state index contributed by atoms with van der Waals surface area (Å²) in [6, 6.07) is 55.6. The number of alkyl halides is 1. The number of aliphatic hydroxyl groups is 1. The van der Waals surface area contributed by atoms with E-state index in [1.54, 1.807) is 116 Å². The summed E-state index contributed by atoms with van der Waals surface area (Å²) < 4.78 is 6.81. The van der Waals surface area contributed by atoms with E-state index in [1.807, 2.05) is 104 Å². The van der Waals surface area contributed by atoms with E-state index in [0.717, 1.165) is 117 Å². The molecule has 17 nitrogen and oxygen atoms in total. The number of H-pyrrole nitrogens is 1. The second kappa shape index (κ2) is 43.5. The van der Waals surface area contributed by atoms with E-state index in [4.69, 9.17) is 68.7 Å². The van der Waals surface area contributed by atoms with Crippen LogP contribution in [-0.2, 0) is 25.1 Å². The first-order chi connectivity index (χ1) is 56.0. The van der Waals surface area contributed by atoms with Crippen molar-refractivity contribution in [3.63, 3.8) is 0 Å². The van der Waals surface area contributed by atoms with Crippen LogP contribution in [0.25, 0.3) is 33.1 Å². The van der Waals surface area contributed by atoms with Crippen molar-refractivity contribution in [1.82, 2.24) is 48.3 Å². The number of carbonyl (C=O) groups is 3. The molecule has 10 aromatic heterocycles. The van der Waals surface area contributed by atoms with Crippen LogP contribution >= 0.6 is 89.9 Å². The van der Waals surface area contributed by atoms with Crippen LogP contribution in [0.5, 0.6) is 0 Å². The summed E-state index contributed by atoms with van der Waals surface area (Å²) in [5, 5.41) is 22.9. The molecule has 0 spiro atoms. The molecule has 117 heavy (non-hydrogen) atoms. The van der Waals surface area contributed by atoms with Crippen molar-refractivity contribution in [3.05, 3.63) is 329 Å². The number of aromatic amines is 1. The zero-order chi connectivity index (χ0) is 84.7. The highest BCUT2D eigenvalue weighted by Crippen LogP contribution is 2.47. The molecule has 14 rings (SSSR count). The smallest absolute Gasteiger partial charge is 0.274 e. The predicted octanol–water partition coefficient (Wildman–Crippen LogP) is 25.6. The number of fused-ring (bicyclic) bond motifs is 3. The average molecular weight is 1830 g/mol. The number of anilines is 3. The van der Waals surface area contributed by atoms with E-state index in [0.29, 0.717) is 71.8 Å². The number of hydrogen-bond acceptors (Lipinski definition) is 12. The average Bonchev–Trinajstić information content (AvgIpc) is 1.61. The van der Waals surface area contributed by atoms with Crippen LogP contribution in [0.1, 0.15) is 160 Å². The van der Waals surface area contributed by atoms with Gasteiger partial charge in [0.1, 0.15) is 34.4 Å². The molecule has 0 saturated heterocycles. The number of nitrogens with zero attached hydrogens (tertiary/aromatic N) is 9. The van der Waals surface area contributed by atoms with Crippen molar-refractivity contribution < 1.29 is 19.5 Å². The van der Waals surface area contributed by atoms with Crippen molar-refractivity contribution in [2.24, 2.45) is 0 Å². The number of halogens is 7. The molecular formula is C91H98Br2Cl5N13O4Si2. The van der Waals surface area contributed by atoms with Crippen molar-refractivity contribution in [1.29, 1.82) is 0 Å². The zero-order valence-corrected chi connectivity index (χ0v) is 76.4. The van der Waals surface area contributed by atoms with Crippen molar-refractivity contribution in [2.75, 3.05) is 16.4 Å². The maximum Gasteiger partial charge on any atom is 0.274 e. The van der Waals surface area contributed by atoms with Crippen LogP contribution in [0.2, 0.25) is 53.3 Å². The lowest BCUT2D eigenvalue weighted by Crippen LogP contribution is -2.51. The molecule has 4 aromatic carbocycles. The number of carbonyl (C=O) groups excluding carboxylic acids is 3. The van der Waals surface area contributed by atoms with Gasteiger partial charge in [0.25, 0.3) is 11.8 Å². The minimum atomic E-state index is -2.09. The lowest BCUT2D eigenvalue weighted by Gasteiger charge is -2.44. The largest absolute Gasteiger partial charge is 0.399 e. The fourth-order valence-electron chi connectivity index (χ4n) is 15.5. The molecule has 0 aliphatic rings. The molecule has 0 fully saturated rings. The number of pyridine rings is 7. The van der Waals surface area contributed by atoms with E-state index < -0.39 is 22.6 Å². The standard InChI is InChI=1S/C29H35ClN4O2Si.C20H15ClN4O.C17H26N2OSi.C13H11BrClN.C6H5BrClN.C6H6ClN/c1-18(2)37(19(3)4,20(5)6)34-17-25(24-8-7-15-31-28(24)34)27(35)21-9-14-26(32-16-21)29(36)33-23-12-10-22(30)11-13-23;21-15-4-6-16(7-5-15)25-20(26)18-8-3-13(11-23-18)10-14-12-24-19-17(14)2-1-9-22-19;1-12(2)21(13(3)4,14(5)6)19-10-15(11-20)16-8-7-9-18-17(16)19;14-11-4-8-13(16-9-11)7-3-10-1-5-12(15)6-2-10;7-5-1-2-6(3-8)9-4-5;7-5-1-3-6(8)4-2-5/h7-20,27,35H,1-6H3,(H,33,36);1-9,11-12H,10H2,(H,22,24)(H,25,26);7-14H,1-6H3;1-2,4-6,8-9H,3,7H2;1-2,4H,3H2;1-4H,8H2. The summed E-state index contributed by atoms with van der Waals surface area (Å²) in [5.41, 5.74) is 21.7. The van der Waals surface area contributed by atoms with Crippen LogP contribution in [0.15, 0.2) is 253 Å². The summed E-state index contributed by atoms with van der Waals surface area (Å²) in [7, 11) is -3.96. The molecular weight excluding hydrogens is 1730 g/mol. The first-order valence-corrected chi connectivity index (χ1v) is 46.5. The van der Waals surface area contributed by atoms with Crippen LogP contribution in [0.4, 0.5) is 17.1 Å². The van der Waals surface area contributed by atoms with Crippen molar-refractivity contribution >= 4 is 175 Å². The minimum Gasteiger partial charge on any atom is -0.399 e. The van der Waals surface area contributed by atoms with E-state index >= 15 is 0 Å². The van der Waals surface area contributed by atoms with Gasteiger partial charge in [-0.3, -0.25) is 34.3 Å².